The second-order valence-electron chi connectivity index (χ2n) is 6.39. The Morgan fingerprint density at radius 3 is 2.69 bits per heavy atom. The number of hydrogen-bond acceptors (Lipinski definition) is 3. The number of fused-ring (bicyclic) bond motifs is 1. The molecular formula is C20H18FN3OS. The van der Waals surface area contributed by atoms with Crippen molar-refractivity contribution in [3.63, 3.8) is 0 Å². The molecule has 0 radical (unpaired) electrons. The molecule has 1 amide bonds. The number of hydrogen-bond donors (Lipinski definition) is 1. The average Bonchev–Trinajstić information content (AvgIpc) is 2.82. The standard InChI is InChI=1S/C20H18FN3OS/c1-12-4-3-5-16(10-12)24-20-18(13(2)23-24)19(26-11-17(25)22-20)14-6-8-15(21)9-7-14/h3-10,19H,11H2,1-2H3,(H,22,25)/t19-/m1/s1. The lowest BCUT2D eigenvalue weighted by molar-refractivity contribution is -0.113. The third-order valence-electron chi connectivity index (χ3n) is 4.43. The molecule has 1 aliphatic heterocycles. The van der Waals surface area contributed by atoms with Gasteiger partial charge in [0.25, 0.3) is 0 Å². The van der Waals surface area contributed by atoms with Crippen LogP contribution in [0.25, 0.3) is 5.69 Å². The number of halogens is 1. The van der Waals surface area contributed by atoms with Crippen molar-refractivity contribution < 1.29 is 9.18 Å². The maximum Gasteiger partial charge on any atom is 0.235 e. The number of rotatable bonds is 2. The largest absolute Gasteiger partial charge is 0.310 e. The molecule has 2 heterocycles. The first-order chi connectivity index (χ1) is 12.5. The summed E-state index contributed by atoms with van der Waals surface area (Å²) >= 11 is 1.53. The molecule has 4 rings (SSSR count). The number of nitrogens with zero attached hydrogens (tertiary/aromatic N) is 2. The minimum atomic E-state index is -0.269. The average molecular weight is 367 g/mol. The first kappa shape index (κ1) is 16.8. The Bertz CT molecular complexity index is 981. The highest BCUT2D eigenvalue weighted by Crippen LogP contribution is 2.43. The molecule has 0 aliphatic carbocycles. The SMILES string of the molecule is Cc1cccc(-n2nc(C)c3c2NC(=O)CS[C@@H]3c2ccc(F)cc2)c1. The quantitative estimate of drug-likeness (QED) is 0.730. The molecule has 26 heavy (non-hydrogen) atoms. The van der Waals surface area contributed by atoms with Crippen LogP contribution in [0.5, 0.6) is 0 Å². The Balaban J connectivity index is 1.89. The molecule has 132 valence electrons. The number of carbonyl (C=O) groups is 1. The van der Waals surface area contributed by atoms with Crippen LogP contribution in [-0.4, -0.2) is 21.4 Å². The molecule has 0 saturated carbocycles. The van der Waals surface area contributed by atoms with Crippen LogP contribution in [0.2, 0.25) is 0 Å². The van der Waals surface area contributed by atoms with Crippen molar-refractivity contribution in [3.8, 4) is 5.69 Å². The highest BCUT2D eigenvalue weighted by molar-refractivity contribution is 8.00. The van der Waals surface area contributed by atoms with Crippen molar-refractivity contribution in [2.24, 2.45) is 0 Å². The van der Waals surface area contributed by atoms with Gasteiger partial charge in [-0.3, -0.25) is 4.79 Å². The molecule has 0 bridgehead atoms. The number of nitrogens with one attached hydrogen (secondary N) is 1. The fourth-order valence-electron chi connectivity index (χ4n) is 3.23. The Morgan fingerprint density at radius 1 is 1.19 bits per heavy atom. The summed E-state index contributed by atoms with van der Waals surface area (Å²) in [6.07, 6.45) is 0. The van der Waals surface area contributed by atoms with Crippen LogP contribution in [0.1, 0.15) is 27.6 Å². The van der Waals surface area contributed by atoms with E-state index in [0.29, 0.717) is 11.6 Å². The summed E-state index contributed by atoms with van der Waals surface area (Å²) in [5.41, 5.74) is 4.80. The van der Waals surface area contributed by atoms with E-state index in [1.165, 1.54) is 23.9 Å². The van der Waals surface area contributed by atoms with Crippen LogP contribution in [-0.2, 0) is 4.79 Å². The van der Waals surface area contributed by atoms with E-state index >= 15 is 0 Å². The van der Waals surface area contributed by atoms with Gasteiger partial charge in [-0.2, -0.15) is 5.10 Å². The fraction of sp³-hybridized carbons (Fsp3) is 0.200. The van der Waals surface area contributed by atoms with Crippen molar-refractivity contribution in [2.75, 3.05) is 11.1 Å². The van der Waals surface area contributed by atoms with Crippen molar-refractivity contribution in [1.29, 1.82) is 0 Å². The fourth-order valence-corrected chi connectivity index (χ4v) is 4.42. The van der Waals surface area contributed by atoms with E-state index in [2.05, 4.69) is 10.4 Å². The second-order valence-corrected chi connectivity index (χ2v) is 7.48. The Kier molecular flexibility index (Phi) is 4.28. The molecule has 6 heteroatoms. The van der Waals surface area contributed by atoms with Gasteiger partial charge in [-0.05, 0) is 49.2 Å². The Labute approximate surface area is 155 Å². The molecule has 1 N–H and O–H groups in total. The maximum atomic E-state index is 13.3. The molecule has 1 aromatic heterocycles. The third kappa shape index (κ3) is 3.01. The summed E-state index contributed by atoms with van der Waals surface area (Å²) in [4.78, 5) is 12.3. The van der Waals surface area contributed by atoms with E-state index in [9.17, 15) is 9.18 Å². The predicted octanol–water partition coefficient (Wildman–Crippen LogP) is 4.40. The molecule has 0 fully saturated rings. The zero-order chi connectivity index (χ0) is 18.3. The van der Waals surface area contributed by atoms with Crippen molar-refractivity contribution in [1.82, 2.24) is 9.78 Å². The number of aryl methyl sites for hydroxylation is 2. The molecule has 1 aliphatic rings. The van der Waals surface area contributed by atoms with E-state index in [1.54, 1.807) is 16.8 Å². The first-order valence-corrected chi connectivity index (χ1v) is 9.41. The first-order valence-electron chi connectivity index (χ1n) is 8.36. The van der Waals surface area contributed by atoms with Gasteiger partial charge in [0.05, 0.1) is 22.4 Å². The van der Waals surface area contributed by atoms with Crippen LogP contribution in [0, 0.1) is 19.7 Å². The maximum absolute atomic E-state index is 13.3. The normalized spacial score (nSPS) is 16.7. The molecule has 0 unspecified atom stereocenters. The zero-order valence-corrected chi connectivity index (χ0v) is 15.3. The topological polar surface area (TPSA) is 46.9 Å². The minimum Gasteiger partial charge on any atom is -0.310 e. The summed E-state index contributed by atoms with van der Waals surface area (Å²) in [6.45, 7) is 3.97. The van der Waals surface area contributed by atoms with Gasteiger partial charge in [-0.1, -0.05) is 24.3 Å². The zero-order valence-electron chi connectivity index (χ0n) is 14.5. The molecule has 0 saturated heterocycles. The van der Waals surface area contributed by atoms with Gasteiger partial charge in [0.2, 0.25) is 5.91 Å². The van der Waals surface area contributed by atoms with E-state index in [1.807, 2.05) is 38.1 Å². The van der Waals surface area contributed by atoms with Crippen molar-refractivity contribution in [2.45, 2.75) is 19.1 Å². The lowest BCUT2D eigenvalue weighted by atomic mass is 10.0. The number of aromatic nitrogens is 2. The molecular weight excluding hydrogens is 349 g/mol. The predicted molar refractivity (Wildman–Crippen MR) is 102 cm³/mol. The van der Waals surface area contributed by atoms with Crippen LogP contribution >= 0.6 is 11.8 Å². The number of carbonyl (C=O) groups excluding carboxylic acids is 1. The molecule has 2 aromatic carbocycles. The van der Waals surface area contributed by atoms with Gasteiger partial charge in [-0.15, -0.1) is 11.8 Å². The van der Waals surface area contributed by atoms with E-state index in [4.69, 9.17) is 0 Å². The van der Waals surface area contributed by atoms with Crippen LogP contribution in [0.15, 0.2) is 48.5 Å². The summed E-state index contributed by atoms with van der Waals surface area (Å²) in [5, 5.41) is 7.61. The van der Waals surface area contributed by atoms with Gasteiger partial charge in [0, 0.05) is 5.56 Å². The number of anilines is 1. The van der Waals surface area contributed by atoms with Crippen LogP contribution < -0.4 is 5.32 Å². The minimum absolute atomic E-state index is 0.0605. The lowest BCUT2D eigenvalue weighted by Crippen LogP contribution is -2.15. The molecule has 0 spiro atoms. The number of amides is 1. The van der Waals surface area contributed by atoms with Crippen LogP contribution in [0.3, 0.4) is 0 Å². The van der Waals surface area contributed by atoms with Crippen molar-refractivity contribution >= 4 is 23.5 Å². The summed E-state index contributed by atoms with van der Waals surface area (Å²) < 4.78 is 15.1. The highest BCUT2D eigenvalue weighted by atomic mass is 32.2. The molecule has 3 aromatic rings. The third-order valence-corrected chi connectivity index (χ3v) is 5.70. The Hall–Kier alpha value is -2.60. The summed E-state index contributed by atoms with van der Waals surface area (Å²) in [6, 6.07) is 14.5. The Morgan fingerprint density at radius 2 is 1.96 bits per heavy atom. The van der Waals surface area contributed by atoms with Gasteiger partial charge in [0.1, 0.15) is 11.6 Å². The van der Waals surface area contributed by atoms with Gasteiger partial charge in [-0.25, -0.2) is 9.07 Å². The number of thioether (sulfide) groups is 1. The van der Waals surface area contributed by atoms with Crippen molar-refractivity contribution in [3.05, 3.63) is 76.7 Å². The summed E-state index contributed by atoms with van der Waals surface area (Å²) in [5.74, 6) is 0.699. The highest BCUT2D eigenvalue weighted by Gasteiger charge is 2.30. The van der Waals surface area contributed by atoms with E-state index in [0.717, 1.165) is 28.1 Å². The lowest BCUT2D eigenvalue weighted by Gasteiger charge is -2.15. The van der Waals surface area contributed by atoms with Gasteiger partial charge < -0.3 is 5.32 Å². The molecule has 4 nitrogen and oxygen atoms in total. The smallest absolute Gasteiger partial charge is 0.235 e. The van der Waals surface area contributed by atoms with Gasteiger partial charge in [0.15, 0.2) is 0 Å². The van der Waals surface area contributed by atoms with Crippen LogP contribution in [0.4, 0.5) is 10.2 Å². The van der Waals surface area contributed by atoms with E-state index < -0.39 is 0 Å². The van der Waals surface area contributed by atoms with E-state index in [-0.39, 0.29) is 17.0 Å². The van der Waals surface area contributed by atoms with Gasteiger partial charge >= 0.3 is 0 Å². The number of benzene rings is 2. The molecule has 1 atom stereocenters. The summed E-state index contributed by atoms with van der Waals surface area (Å²) in [7, 11) is 0. The second kappa shape index (κ2) is 6.61. The monoisotopic (exact) mass is 367 g/mol.